The molecule has 202 valence electrons. The Bertz CT molecular complexity index is 1200. The molecule has 1 fully saturated rings. The molecule has 37 heavy (non-hydrogen) atoms. The van der Waals surface area contributed by atoms with E-state index in [1.165, 1.54) is 4.90 Å². The molecule has 1 N–H and O–H groups in total. The molecule has 0 aliphatic heterocycles. The van der Waals surface area contributed by atoms with E-state index in [2.05, 4.69) is 5.32 Å². The van der Waals surface area contributed by atoms with Crippen LogP contribution in [0.2, 0.25) is 10.0 Å². The van der Waals surface area contributed by atoms with E-state index in [9.17, 15) is 18.0 Å². The molecule has 8 nitrogen and oxygen atoms in total. The first-order valence-corrected chi connectivity index (χ1v) is 14.8. The number of sulfonamides is 1. The lowest BCUT2D eigenvalue weighted by Crippen LogP contribution is -2.52. The standard InChI is InChI=1S/C26H33Cl2N3O5S/c1-4-36-22-12-10-21(11-13-22)31(37(3,34)35)17-25(32)30(16-19-9-14-23(27)24(28)15-19)18(2)26(33)29-20-7-5-6-8-20/h9-15,18,20H,4-8,16-17H2,1-3H3,(H,29,33)/t18-/m0/s1. The average molecular weight is 571 g/mol. The maximum atomic E-state index is 13.6. The molecular formula is C26H33Cl2N3O5S. The van der Waals surface area contributed by atoms with Crippen LogP contribution in [0, 0.1) is 0 Å². The molecule has 2 aromatic carbocycles. The van der Waals surface area contributed by atoms with Crippen molar-refractivity contribution in [2.45, 2.75) is 58.2 Å². The summed E-state index contributed by atoms with van der Waals surface area (Å²) in [7, 11) is -3.82. The predicted molar refractivity (Wildman–Crippen MR) is 147 cm³/mol. The van der Waals surface area contributed by atoms with Gasteiger partial charge in [-0.25, -0.2) is 8.42 Å². The van der Waals surface area contributed by atoms with E-state index in [-0.39, 0.29) is 18.5 Å². The maximum Gasteiger partial charge on any atom is 0.244 e. The lowest BCUT2D eigenvalue weighted by Gasteiger charge is -2.32. The average Bonchev–Trinajstić information content (AvgIpc) is 3.36. The van der Waals surface area contributed by atoms with E-state index in [0.717, 1.165) is 36.2 Å². The first-order chi connectivity index (χ1) is 17.5. The van der Waals surface area contributed by atoms with Gasteiger partial charge in [-0.3, -0.25) is 13.9 Å². The summed E-state index contributed by atoms with van der Waals surface area (Å²) in [6.07, 6.45) is 4.95. The van der Waals surface area contributed by atoms with Gasteiger partial charge >= 0.3 is 0 Å². The number of amides is 2. The highest BCUT2D eigenvalue weighted by Gasteiger charge is 2.31. The largest absolute Gasteiger partial charge is 0.494 e. The Hall–Kier alpha value is -2.49. The van der Waals surface area contributed by atoms with Crippen LogP contribution in [0.5, 0.6) is 5.75 Å². The Morgan fingerprint density at radius 2 is 1.73 bits per heavy atom. The summed E-state index contributed by atoms with van der Waals surface area (Å²) in [6, 6.07) is 10.7. The molecule has 3 rings (SSSR count). The van der Waals surface area contributed by atoms with Gasteiger partial charge in [-0.15, -0.1) is 0 Å². The zero-order valence-corrected chi connectivity index (χ0v) is 23.6. The Morgan fingerprint density at radius 1 is 1.08 bits per heavy atom. The molecule has 1 saturated carbocycles. The SMILES string of the molecule is CCOc1ccc(N(CC(=O)N(Cc2ccc(Cl)c(Cl)c2)[C@@H](C)C(=O)NC2CCCC2)S(C)(=O)=O)cc1. The van der Waals surface area contributed by atoms with Crippen LogP contribution >= 0.6 is 23.2 Å². The summed E-state index contributed by atoms with van der Waals surface area (Å²) in [5, 5.41) is 3.72. The molecule has 0 spiro atoms. The molecule has 2 amide bonds. The Balaban J connectivity index is 1.88. The number of benzene rings is 2. The van der Waals surface area contributed by atoms with Gasteiger partial charge in [0.25, 0.3) is 0 Å². The maximum absolute atomic E-state index is 13.6. The van der Waals surface area contributed by atoms with Crippen molar-refractivity contribution in [3.05, 3.63) is 58.1 Å². The Labute approximate surface area is 228 Å². The number of carbonyl (C=O) groups excluding carboxylic acids is 2. The van der Waals surface area contributed by atoms with Gasteiger partial charge < -0.3 is 15.0 Å². The molecule has 0 radical (unpaired) electrons. The van der Waals surface area contributed by atoms with Gasteiger partial charge in [-0.1, -0.05) is 42.1 Å². The fourth-order valence-electron chi connectivity index (χ4n) is 4.30. The molecule has 1 aliphatic carbocycles. The van der Waals surface area contributed by atoms with E-state index in [1.807, 2.05) is 6.92 Å². The molecule has 1 atom stereocenters. The smallest absolute Gasteiger partial charge is 0.244 e. The number of anilines is 1. The van der Waals surface area contributed by atoms with Gasteiger partial charge in [0.15, 0.2) is 0 Å². The summed E-state index contributed by atoms with van der Waals surface area (Å²) in [5.74, 6) is -0.226. The zero-order valence-electron chi connectivity index (χ0n) is 21.2. The van der Waals surface area contributed by atoms with Crippen molar-refractivity contribution >= 4 is 50.7 Å². The van der Waals surface area contributed by atoms with E-state index in [4.69, 9.17) is 27.9 Å². The molecule has 0 heterocycles. The highest BCUT2D eigenvalue weighted by atomic mass is 35.5. The van der Waals surface area contributed by atoms with Crippen LogP contribution < -0.4 is 14.4 Å². The fourth-order valence-corrected chi connectivity index (χ4v) is 5.47. The highest BCUT2D eigenvalue weighted by molar-refractivity contribution is 7.92. The van der Waals surface area contributed by atoms with Crippen LogP contribution in [0.4, 0.5) is 5.69 Å². The quantitative estimate of drug-likeness (QED) is 0.425. The van der Waals surface area contributed by atoms with Crippen LogP contribution in [0.3, 0.4) is 0 Å². The summed E-state index contributed by atoms with van der Waals surface area (Å²) in [5.41, 5.74) is 0.979. The van der Waals surface area contributed by atoms with E-state index < -0.39 is 28.5 Å². The van der Waals surface area contributed by atoms with Crippen molar-refractivity contribution in [1.82, 2.24) is 10.2 Å². The molecule has 2 aromatic rings. The molecule has 0 unspecified atom stereocenters. The van der Waals surface area contributed by atoms with Crippen LogP contribution in [-0.2, 0) is 26.2 Å². The predicted octanol–water partition coefficient (Wildman–Crippen LogP) is 4.63. The van der Waals surface area contributed by atoms with Crippen molar-refractivity contribution < 1.29 is 22.7 Å². The third kappa shape index (κ3) is 7.99. The van der Waals surface area contributed by atoms with Gasteiger partial charge in [0.05, 0.1) is 28.6 Å². The lowest BCUT2D eigenvalue weighted by molar-refractivity contribution is -0.139. The van der Waals surface area contributed by atoms with Crippen molar-refractivity contribution in [3.63, 3.8) is 0 Å². The topological polar surface area (TPSA) is 96.0 Å². The summed E-state index contributed by atoms with van der Waals surface area (Å²) >= 11 is 12.2. The molecule has 11 heteroatoms. The van der Waals surface area contributed by atoms with E-state index in [0.29, 0.717) is 33.7 Å². The molecule has 0 bridgehead atoms. The van der Waals surface area contributed by atoms with Gasteiger partial charge in [-0.2, -0.15) is 0 Å². The van der Waals surface area contributed by atoms with Crippen LogP contribution in [0.1, 0.15) is 45.1 Å². The number of halogens is 2. The number of carbonyl (C=O) groups is 2. The summed E-state index contributed by atoms with van der Waals surface area (Å²) < 4.78 is 31.8. The molecule has 0 aromatic heterocycles. The van der Waals surface area contributed by atoms with Crippen molar-refractivity contribution in [1.29, 1.82) is 0 Å². The minimum Gasteiger partial charge on any atom is -0.494 e. The van der Waals surface area contributed by atoms with Gasteiger partial charge in [-0.05, 0) is 68.7 Å². The fraction of sp³-hybridized carbons (Fsp3) is 0.462. The van der Waals surface area contributed by atoms with Crippen molar-refractivity contribution in [3.8, 4) is 5.75 Å². The third-order valence-electron chi connectivity index (χ3n) is 6.32. The zero-order chi connectivity index (χ0) is 27.2. The van der Waals surface area contributed by atoms with Crippen molar-refractivity contribution in [2.75, 3.05) is 23.7 Å². The highest BCUT2D eigenvalue weighted by Crippen LogP contribution is 2.25. The minimum absolute atomic E-state index is 0.0514. The number of ether oxygens (including phenoxy) is 1. The number of nitrogens with zero attached hydrogens (tertiary/aromatic N) is 2. The van der Waals surface area contributed by atoms with Gasteiger partial charge in [0, 0.05) is 12.6 Å². The second-order valence-electron chi connectivity index (χ2n) is 9.13. The van der Waals surface area contributed by atoms with Gasteiger partial charge in [0.1, 0.15) is 18.3 Å². The normalized spacial score (nSPS) is 14.7. The van der Waals surface area contributed by atoms with Crippen molar-refractivity contribution in [2.24, 2.45) is 0 Å². The number of hydrogen-bond acceptors (Lipinski definition) is 5. The second kappa shape index (κ2) is 12.8. The summed E-state index contributed by atoms with van der Waals surface area (Å²) in [6.45, 7) is 3.53. The van der Waals surface area contributed by atoms with Crippen LogP contribution in [0.15, 0.2) is 42.5 Å². The van der Waals surface area contributed by atoms with Crippen LogP contribution in [0.25, 0.3) is 0 Å². The molecular weight excluding hydrogens is 537 g/mol. The number of hydrogen-bond donors (Lipinski definition) is 1. The first kappa shape index (κ1) is 29.1. The Kier molecular flexibility index (Phi) is 10.1. The molecule has 1 aliphatic rings. The van der Waals surface area contributed by atoms with E-state index >= 15 is 0 Å². The monoisotopic (exact) mass is 569 g/mol. The van der Waals surface area contributed by atoms with Crippen LogP contribution in [-0.4, -0.2) is 56.6 Å². The Morgan fingerprint density at radius 3 is 2.30 bits per heavy atom. The van der Waals surface area contributed by atoms with E-state index in [1.54, 1.807) is 49.4 Å². The minimum atomic E-state index is -3.82. The lowest BCUT2D eigenvalue weighted by atomic mass is 10.1. The summed E-state index contributed by atoms with van der Waals surface area (Å²) in [4.78, 5) is 28.1. The molecule has 0 saturated heterocycles. The third-order valence-corrected chi connectivity index (χ3v) is 8.20. The number of nitrogens with one attached hydrogen (secondary N) is 1. The first-order valence-electron chi connectivity index (χ1n) is 12.2. The second-order valence-corrected chi connectivity index (χ2v) is 11.9. The number of rotatable bonds is 11. The van der Waals surface area contributed by atoms with Gasteiger partial charge in [0.2, 0.25) is 21.8 Å².